The molecule has 0 aliphatic heterocycles. The van der Waals surface area contributed by atoms with E-state index in [4.69, 9.17) is 4.42 Å². The van der Waals surface area contributed by atoms with Gasteiger partial charge in [0.2, 0.25) is 5.91 Å². The Hall–Kier alpha value is -2.25. The molecule has 2 rings (SSSR count). The molecule has 1 N–H and O–H groups in total. The van der Waals surface area contributed by atoms with Gasteiger partial charge in [-0.2, -0.15) is 18.3 Å². The second-order valence-electron chi connectivity index (χ2n) is 4.98. The lowest BCUT2D eigenvalue weighted by molar-refractivity contribution is -0.141. The van der Waals surface area contributed by atoms with Crippen LogP contribution < -0.4 is 5.32 Å². The first-order valence-corrected chi connectivity index (χ1v) is 6.77. The summed E-state index contributed by atoms with van der Waals surface area (Å²) in [5, 5.41) is 6.05. The lowest BCUT2D eigenvalue weighted by Gasteiger charge is -2.13. The molecular formula is C14H16F3N3O2. The summed E-state index contributed by atoms with van der Waals surface area (Å²) >= 11 is 0. The van der Waals surface area contributed by atoms with Crippen molar-refractivity contribution in [1.29, 1.82) is 0 Å². The summed E-state index contributed by atoms with van der Waals surface area (Å²) in [4.78, 5) is 11.8. The molecule has 0 aliphatic carbocycles. The van der Waals surface area contributed by atoms with Gasteiger partial charge in [0.25, 0.3) is 0 Å². The van der Waals surface area contributed by atoms with Crippen LogP contribution in [0.3, 0.4) is 0 Å². The number of nitrogens with one attached hydrogen (secondary N) is 1. The predicted octanol–water partition coefficient (Wildman–Crippen LogP) is 2.63. The van der Waals surface area contributed by atoms with Crippen LogP contribution in [0.25, 0.3) is 0 Å². The predicted molar refractivity (Wildman–Crippen MR) is 71.9 cm³/mol. The van der Waals surface area contributed by atoms with Crippen molar-refractivity contribution in [3.8, 4) is 0 Å². The Kier molecular flexibility index (Phi) is 4.89. The van der Waals surface area contributed by atoms with E-state index in [9.17, 15) is 18.0 Å². The van der Waals surface area contributed by atoms with Crippen LogP contribution in [0, 0.1) is 0 Å². The minimum atomic E-state index is -4.50. The van der Waals surface area contributed by atoms with Gasteiger partial charge >= 0.3 is 6.18 Å². The molecule has 2 aromatic rings. The van der Waals surface area contributed by atoms with Crippen LogP contribution in [-0.2, 0) is 23.9 Å². The molecule has 120 valence electrons. The highest BCUT2D eigenvalue weighted by Gasteiger charge is 2.33. The summed E-state index contributed by atoms with van der Waals surface area (Å²) in [6, 6.07) is 4.36. The quantitative estimate of drug-likeness (QED) is 0.891. The molecule has 2 heterocycles. The first kappa shape index (κ1) is 16.1. The summed E-state index contributed by atoms with van der Waals surface area (Å²) in [7, 11) is 0. The topological polar surface area (TPSA) is 60.1 Å². The number of nitrogens with zero attached hydrogens (tertiary/aromatic N) is 2. The standard InChI is InChI=1S/C14H16F3N3O2/c1-10(4-5-11-3-2-8-22-11)18-13(21)9-20-7-6-12(19-20)14(15,16)17/h2-3,6-8,10H,4-5,9H2,1H3,(H,18,21). The smallest absolute Gasteiger partial charge is 0.435 e. The molecule has 1 unspecified atom stereocenters. The van der Waals surface area contributed by atoms with Gasteiger partial charge in [0, 0.05) is 18.7 Å². The SMILES string of the molecule is CC(CCc1ccco1)NC(=O)Cn1ccc(C(F)(F)F)n1. The zero-order valence-electron chi connectivity index (χ0n) is 11.9. The molecule has 0 aliphatic rings. The van der Waals surface area contributed by atoms with Crippen molar-refractivity contribution in [2.45, 2.75) is 38.5 Å². The lowest BCUT2D eigenvalue weighted by Crippen LogP contribution is -2.35. The molecule has 0 aromatic carbocycles. The van der Waals surface area contributed by atoms with Crippen LogP contribution in [0.15, 0.2) is 35.1 Å². The molecule has 8 heteroatoms. The molecule has 0 radical (unpaired) electrons. The number of aromatic nitrogens is 2. The Morgan fingerprint density at radius 3 is 2.82 bits per heavy atom. The molecule has 0 spiro atoms. The van der Waals surface area contributed by atoms with Gasteiger partial charge in [-0.3, -0.25) is 9.48 Å². The van der Waals surface area contributed by atoms with Crippen LogP contribution in [0.2, 0.25) is 0 Å². The molecule has 2 aromatic heterocycles. The number of hydrogen-bond donors (Lipinski definition) is 1. The van der Waals surface area contributed by atoms with Crippen LogP contribution in [0.1, 0.15) is 24.8 Å². The largest absolute Gasteiger partial charge is 0.469 e. The number of furan rings is 1. The fraction of sp³-hybridized carbons (Fsp3) is 0.429. The highest BCUT2D eigenvalue weighted by molar-refractivity contribution is 5.75. The van der Waals surface area contributed by atoms with Gasteiger partial charge in [-0.1, -0.05) is 0 Å². The molecule has 1 atom stereocenters. The first-order valence-electron chi connectivity index (χ1n) is 6.77. The van der Waals surface area contributed by atoms with E-state index in [1.165, 1.54) is 0 Å². The van der Waals surface area contributed by atoms with Crippen LogP contribution in [-0.4, -0.2) is 21.7 Å². The third kappa shape index (κ3) is 4.64. The van der Waals surface area contributed by atoms with Gasteiger partial charge < -0.3 is 9.73 Å². The molecule has 22 heavy (non-hydrogen) atoms. The maximum absolute atomic E-state index is 12.4. The van der Waals surface area contributed by atoms with E-state index in [2.05, 4.69) is 10.4 Å². The summed E-state index contributed by atoms with van der Waals surface area (Å²) in [5.41, 5.74) is -1.01. The average Bonchev–Trinajstić information content (AvgIpc) is 3.05. The van der Waals surface area contributed by atoms with E-state index in [-0.39, 0.29) is 18.5 Å². The van der Waals surface area contributed by atoms with Crippen LogP contribution >= 0.6 is 0 Å². The molecule has 5 nitrogen and oxygen atoms in total. The number of carbonyl (C=O) groups excluding carboxylic acids is 1. The fourth-order valence-corrected chi connectivity index (χ4v) is 1.95. The minimum Gasteiger partial charge on any atom is -0.469 e. The number of aryl methyl sites for hydroxylation is 1. The number of alkyl halides is 3. The van der Waals surface area contributed by atoms with Crippen LogP contribution in [0.5, 0.6) is 0 Å². The van der Waals surface area contributed by atoms with Gasteiger partial charge in [-0.05, 0) is 31.5 Å². The van der Waals surface area contributed by atoms with E-state index >= 15 is 0 Å². The zero-order valence-corrected chi connectivity index (χ0v) is 11.9. The van der Waals surface area contributed by atoms with E-state index < -0.39 is 11.9 Å². The van der Waals surface area contributed by atoms with Gasteiger partial charge in [0.05, 0.1) is 6.26 Å². The Morgan fingerprint density at radius 1 is 1.45 bits per heavy atom. The average molecular weight is 315 g/mol. The monoisotopic (exact) mass is 315 g/mol. The zero-order chi connectivity index (χ0) is 16.2. The Bertz CT molecular complexity index is 605. The van der Waals surface area contributed by atoms with Crippen molar-refractivity contribution >= 4 is 5.91 Å². The van der Waals surface area contributed by atoms with Gasteiger partial charge in [-0.25, -0.2) is 0 Å². The van der Waals surface area contributed by atoms with E-state index in [0.29, 0.717) is 12.8 Å². The minimum absolute atomic E-state index is 0.116. The van der Waals surface area contributed by atoms with Crippen molar-refractivity contribution in [3.05, 3.63) is 42.1 Å². The van der Waals surface area contributed by atoms with Crippen molar-refractivity contribution < 1.29 is 22.4 Å². The summed E-state index contributed by atoms with van der Waals surface area (Å²) in [5.74, 6) is 0.437. The number of rotatable bonds is 6. The number of hydrogen-bond acceptors (Lipinski definition) is 3. The third-order valence-electron chi connectivity index (χ3n) is 3.05. The maximum atomic E-state index is 12.4. The van der Waals surface area contributed by atoms with Crippen LogP contribution in [0.4, 0.5) is 13.2 Å². The number of amides is 1. The maximum Gasteiger partial charge on any atom is 0.435 e. The van der Waals surface area contributed by atoms with E-state index in [0.717, 1.165) is 22.7 Å². The number of halogens is 3. The van der Waals surface area contributed by atoms with E-state index in [1.807, 2.05) is 13.0 Å². The lowest BCUT2D eigenvalue weighted by atomic mass is 10.1. The normalized spacial score (nSPS) is 13.1. The van der Waals surface area contributed by atoms with Crippen molar-refractivity contribution in [1.82, 2.24) is 15.1 Å². The molecule has 0 saturated heterocycles. The van der Waals surface area contributed by atoms with Crippen molar-refractivity contribution in [3.63, 3.8) is 0 Å². The molecular weight excluding hydrogens is 299 g/mol. The van der Waals surface area contributed by atoms with Crippen molar-refractivity contribution in [2.75, 3.05) is 0 Å². The molecule has 0 saturated carbocycles. The summed E-state index contributed by atoms with van der Waals surface area (Å²) < 4.78 is 43.4. The summed E-state index contributed by atoms with van der Waals surface area (Å²) in [6.07, 6.45) is -0.441. The number of carbonyl (C=O) groups is 1. The summed E-state index contributed by atoms with van der Waals surface area (Å²) in [6.45, 7) is 1.58. The van der Waals surface area contributed by atoms with Gasteiger partial charge in [-0.15, -0.1) is 0 Å². The molecule has 1 amide bonds. The molecule has 0 fully saturated rings. The second kappa shape index (κ2) is 6.67. The Labute approximate surface area is 125 Å². The highest BCUT2D eigenvalue weighted by atomic mass is 19.4. The van der Waals surface area contributed by atoms with Gasteiger partial charge in [0.15, 0.2) is 5.69 Å². The first-order chi connectivity index (χ1) is 10.3. The van der Waals surface area contributed by atoms with Crippen molar-refractivity contribution in [2.24, 2.45) is 0 Å². The molecule has 0 bridgehead atoms. The second-order valence-corrected chi connectivity index (χ2v) is 4.98. The highest BCUT2D eigenvalue weighted by Crippen LogP contribution is 2.27. The van der Waals surface area contributed by atoms with E-state index in [1.54, 1.807) is 12.3 Å². The third-order valence-corrected chi connectivity index (χ3v) is 3.05. The Morgan fingerprint density at radius 2 is 2.23 bits per heavy atom. The Balaban J connectivity index is 1.78. The fourth-order valence-electron chi connectivity index (χ4n) is 1.95. The van der Waals surface area contributed by atoms with Gasteiger partial charge in [0.1, 0.15) is 12.3 Å².